The Morgan fingerprint density at radius 1 is 1.15 bits per heavy atom. The molecule has 1 saturated heterocycles. The summed E-state index contributed by atoms with van der Waals surface area (Å²) in [7, 11) is 0. The largest absolute Gasteiger partial charge is 0.445 e. The van der Waals surface area contributed by atoms with Gasteiger partial charge in [-0.2, -0.15) is 5.26 Å². The monoisotopic (exact) mass is 528 g/mol. The van der Waals surface area contributed by atoms with Gasteiger partial charge in [-0.3, -0.25) is 14.5 Å². The molecular formula is C31H36N4O4. The Morgan fingerprint density at radius 2 is 1.95 bits per heavy atom. The topological polar surface area (TPSA) is 103 Å². The number of rotatable bonds is 4. The molecule has 1 fully saturated rings. The zero-order valence-electron chi connectivity index (χ0n) is 22.7. The van der Waals surface area contributed by atoms with Crippen molar-refractivity contribution < 1.29 is 19.1 Å². The van der Waals surface area contributed by atoms with Gasteiger partial charge < -0.3 is 15.0 Å². The molecule has 8 nitrogen and oxygen atoms in total. The van der Waals surface area contributed by atoms with Gasteiger partial charge in [-0.15, -0.1) is 0 Å². The molecule has 39 heavy (non-hydrogen) atoms. The van der Waals surface area contributed by atoms with Gasteiger partial charge in [-0.25, -0.2) is 4.79 Å². The van der Waals surface area contributed by atoms with Crippen LogP contribution in [0.5, 0.6) is 0 Å². The van der Waals surface area contributed by atoms with Crippen LogP contribution in [0.2, 0.25) is 0 Å². The number of fused-ring (bicyclic) bond motifs is 2. The fraction of sp³-hybridized carbons (Fsp3) is 0.484. The van der Waals surface area contributed by atoms with Crippen LogP contribution in [0, 0.1) is 17.2 Å². The fourth-order valence-electron chi connectivity index (χ4n) is 6.19. The average Bonchev–Trinajstić information content (AvgIpc) is 3.45. The summed E-state index contributed by atoms with van der Waals surface area (Å²) in [4.78, 5) is 44.3. The molecule has 0 radical (unpaired) electrons. The molecule has 5 rings (SSSR count). The fourth-order valence-corrected chi connectivity index (χ4v) is 6.19. The van der Waals surface area contributed by atoms with E-state index in [4.69, 9.17) is 4.74 Å². The van der Waals surface area contributed by atoms with E-state index in [9.17, 15) is 19.6 Å². The first-order valence-electron chi connectivity index (χ1n) is 13.9. The SMILES string of the molecule is CC(C)C[C@H]1C(=O)N2C[C@]3(CC2C#N)C(=O)Nc2ccc(cc23)CCCCCN1C(=O)OCc1ccccc1. The van der Waals surface area contributed by atoms with Crippen LogP contribution in [-0.2, 0) is 32.8 Å². The van der Waals surface area contributed by atoms with E-state index < -0.39 is 23.6 Å². The number of amides is 3. The summed E-state index contributed by atoms with van der Waals surface area (Å²) >= 11 is 0. The van der Waals surface area contributed by atoms with Crippen molar-refractivity contribution in [3.8, 4) is 6.07 Å². The molecule has 4 bridgehead atoms. The van der Waals surface area contributed by atoms with E-state index in [1.54, 1.807) is 4.90 Å². The normalized spacial score (nSPS) is 24.8. The third-order valence-corrected chi connectivity index (χ3v) is 8.23. The highest BCUT2D eigenvalue weighted by molar-refractivity contribution is 6.07. The molecule has 8 heteroatoms. The molecule has 2 aromatic carbocycles. The quantitative estimate of drug-likeness (QED) is 0.615. The van der Waals surface area contributed by atoms with Crippen LogP contribution in [0.25, 0.3) is 0 Å². The van der Waals surface area contributed by atoms with Gasteiger partial charge in [-0.05, 0) is 54.4 Å². The Morgan fingerprint density at radius 3 is 2.69 bits per heavy atom. The van der Waals surface area contributed by atoms with Gasteiger partial charge in [0.05, 0.1) is 11.5 Å². The number of carbonyl (C=O) groups is 3. The van der Waals surface area contributed by atoms with Crippen LogP contribution in [0.3, 0.4) is 0 Å². The lowest BCUT2D eigenvalue weighted by atomic mass is 9.79. The van der Waals surface area contributed by atoms with Crippen LogP contribution in [0.15, 0.2) is 48.5 Å². The maximum atomic E-state index is 14.3. The Bertz CT molecular complexity index is 1290. The molecular weight excluding hydrogens is 492 g/mol. The maximum absolute atomic E-state index is 14.3. The van der Waals surface area contributed by atoms with Gasteiger partial charge in [0.15, 0.2) is 0 Å². The lowest BCUT2D eigenvalue weighted by Crippen LogP contribution is -2.53. The summed E-state index contributed by atoms with van der Waals surface area (Å²) in [6.07, 6.45) is 3.55. The van der Waals surface area contributed by atoms with Crippen LogP contribution in [0.1, 0.15) is 62.6 Å². The van der Waals surface area contributed by atoms with Gasteiger partial charge in [-0.1, -0.05) is 62.7 Å². The summed E-state index contributed by atoms with van der Waals surface area (Å²) in [6.45, 7) is 4.65. The number of anilines is 1. The number of nitrogens with one attached hydrogen (secondary N) is 1. The number of nitrogens with zero attached hydrogens (tertiary/aromatic N) is 3. The summed E-state index contributed by atoms with van der Waals surface area (Å²) in [5.41, 5.74) is 2.67. The third-order valence-electron chi connectivity index (χ3n) is 8.23. The van der Waals surface area contributed by atoms with Gasteiger partial charge in [0.1, 0.15) is 18.7 Å². The second-order valence-corrected chi connectivity index (χ2v) is 11.4. The summed E-state index contributed by atoms with van der Waals surface area (Å²) < 4.78 is 5.72. The van der Waals surface area contributed by atoms with Crippen molar-refractivity contribution in [2.45, 2.75) is 76.5 Å². The number of carbonyl (C=O) groups excluding carboxylic acids is 3. The molecule has 3 aliphatic heterocycles. The van der Waals surface area contributed by atoms with Crippen molar-refractivity contribution in [3.63, 3.8) is 0 Å². The molecule has 204 valence electrons. The van der Waals surface area contributed by atoms with Crippen molar-refractivity contribution in [2.75, 3.05) is 18.4 Å². The maximum Gasteiger partial charge on any atom is 0.410 e. The number of nitriles is 1. The molecule has 0 saturated carbocycles. The Hall–Kier alpha value is -3.86. The van der Waals surface area contributed by atoms with Crippen molar-refractivity contribution in [2.24, 2.45) is 5.92 Å². The number of hydrogen-bond donors (Lipinski definition) is 1. The first kappa shape index (κ1) is 26.7. The van der Waals surface area contributed by atoms with Crippen molar-refractivity contribution >= 4 is 23.6 Å². The zero-order chi connectivity index (χ0) is 27.6. The Balaban J connectivity index is 1.50. The van der Waals surface area contributed by atoms with Crippen molar-refractivity contribution in [1.29, 1.82) is 5.26 Å². The van der Waals surface area contributed by atoms with Crippen LogP contribution >= 0.6 is 0 Å². The van der Waals surface area contributed by atoms with E-state index in [1.165, 1.54) is 4.90 Å². The third kappa shape index (κ3) is 5.23. The second kappa shape index (κ2) is 11.1. The minimum absolute atomic E-state index is 0.115. The van der Waals surface area contributed by atoms with Crippen LogP contribution in [0.4, 0.5) is 10.5 Å². The van der Waals surface area contributed by atoms with E-state index in [2.05, 4.69) is 17.5 Å². The van der Waals surface area contributed by atoms with Gasteiger partial charge >= 0.3 is 6.09 Å². The second-order valence-electron chi connectivity index (χ2n) is 11.4. The van der Waals surface area contributed by atoms with Crippen LogP contribution in [-0.4, -0.2) is 52.9 Å². The molecule has 0 aliphatic carbocycles. The Kier molecular flexibility index (Phi) is 7.60. The lowest BCUT2D eigenvalue weighted by Gasteiger charge is -2.35. The highest BCUT2D eigenvalue weighted by atomic mass is 16.6. The van der Waals surface area contributed by atoms with E-state index in [0.29, 0.717) is 13.0 Å². The number of benzene rings is 2. The smallest absolute Gasteiger partial charge is 0.410 e. The highest BCUT2D eigenvalue weighted by Crippen LogP contribution is 2.47. The molecule has 3 heterocycles. The standard InChI is InChI=1S/C31H36N4O4/c1-21(2)15-27-28(36)35-20-31(17-24(35)18-32)25-16-22(12-13-26(25)33-29(31)37)9-7-4-8-14-34(27)30(38)39-19-23-10-5-3-6-11-23/h3,5-6,10-13,16,21,24,27H,4,7-9,14-15,17,19-20H2,1-2H3,(H,33,37)/t24?,27-,31-/m0/s1. The predicted molar refractivity (Wildman–Crippen MR) is 147 cm³/mol. The lowest BCUT2D eigenvalue weighted by molar-refractivity contribution is -0.137. The number of hydrogen-bond acceptors (Lipinski definition) is 5. The van der Waals surface area contributed by atoms with E-state index in [1.807, 2.05) is 56.3 Å². The molecule has 2 aromatic rings. The number of aryl methyl sites for hydroxylation is 1. The van der Waals surface area contributed by atoms with E-state index in [-0.39, 0.29) is 37.3 Å². The van der Waals surface area contributed by atoms with Gasteiger partial charge in [0.25, 0.3) is 0 Å². The molecule has 3 aliphatic rings. The van der Waals surface area contributed by atoms with Gasteiger partial charge in [0, 0.05) is 25.2 Å². The molecule has 3 amide bonds. The van der Waals surface area contributed by atoms with E-state index >= 15 is 0 Å². The first-order chi connectivity index (χ1) is 18.8. The summed E-state index contributed by atoms with van der Waals surface area (Å²) in [5, 5.41) is 13.1. The summed E-state index contributed by atoms with van der Waals surface area (Å²) in [6, 6.07) is 16.3. The molecule has 1 spiro atoms. The van der Waals surface area contributed by atoms with E-state index in [0.717, 1.165) is 48.1 Å². The van der Waals surface area contributed by atoms with Crippen molar-refractivity contribution in [3.05, 3.63) is 65.2 Å². The predicted octanol–water partition coefficient (Wildman–Crippen LogP) is 4.78. The molecule has 1 unspecified atom stereocenters. The molecule has 3 atom stereocenters. The number of ether oxygens (including phenoxy) is 1. The molecule has 1 N–H and O–H groups in total. The highest BCUT2D eigenvalue weighted by Gasteiger charge is 2.57. The zero-order valence-corrected chi connectivity index (χ0v) is 22.7. The Labute approximate surface area is 229 Å². The van der Waals surface area contributed by atoms with Gasteiger partial charge in [0.2, 0.25) is 11.8 Å². The summed E-state index contributed by atoms with van der Waals surface area (Å²) in [5.74, 6) is -0.340. The average molecular weight is 529 g/mol. The molecule has 0 aromatic heterocycles. The minimum Gasteiger partial charge on any atom is -0.445 e. The van der Waals surface area contributed by atoms with Crippen molar-refractivity contribution in [1.82, 2.24) is 9.80 Å². The van der Waals surface area contributed by atoms with Crippen LogP contribution < -0.4 is 5.32 Å². The first-order valence-corrected chi connectivity index (χ1v) is 13.9. The minimum atomic E-state index is -0.966.